The molecule has 3 nitrogen and oxygen atoms in total. The Morgan fingerprint density at radius 2 is 2.05 bits per heavy atom. The Kier molecular flexibility index (Phi) is 5.33. The highest BCUT2D eigenvalue weighted by molar-refractivity contribution is 7.98. The maximum absolute atomic E-state index is 12.8. The number of alkyl halides is 3. The summed E-state index contributed by atoms with van der Waals surface area (Å²) >= 11 is 1.56. The highest BCUT2D eigenvalue weighted by atomic mass is 32.2. The standard InChI is InChI=1S/C13H17F3N2OS/c1-8(7-20-3)18(2)12(19)9-5-4-6-10(11(9)17)13(14,15)16/h4-6,8H,7,17H2,1-3H3. The van der Waals surface area contributed by atoms with Crippen LogP contribution in [-0.2, 0) is 6.18 Å². The van der Waals surface area contributed by atoms with E-state index in [9.17, 15) is 18.0 Å². The predicted octanol–water partition coefficient (Wildman–Crippen LogP) is 3.11. The molecule has 2 N–H and O–H groups in total. The van der Waals surface area contributed by atoms with Crippen LogP contribution in [0.1, 0.15) is 22.8 Å². The molecule has 0 saturated carbocycles. The number of halogens is 3. The first kappa shape index (κ1) is 16.7. The Morgan fingerprint density at radius 1 is 1.45 bits per heavy atom. The van der Waals surface area contributed by atoms with E-state index in [1.165, 1.54) is 17.0 Å². The van der Waals surface area contributed by atoms with Crippen molar-refractivity contribution in [2.75, 3.05) is 24.8 Å². The van der Waals surface area contributed by atoms with E-state index in [0.29, 0.717) is 5.75 Å². The van der Waals surface area contributed by atoms with Gasteiger partial charge in [-0.15, -0.1) is 0 Å². The van der Waals surface area contributed by atoms with Crippen LogP contribution < -0.4 is 5.73 Å². The minimum absolute atomic E-state index is 0.0913. The third kappa shape index (κ3) is 3.59. The van der Waals surface area contributed by atoms with E-state index >= 15 is 0 Å². The lowest BCUT2D eigenvalue weighted by Gasteiger charge is -2.25. The lowest BCUT2D eigenvalue weighted by atomic mass is 10.1. The predicted molar refractivity (Wildman–Crippen MR) is 75.8 cm³/mol. The number of benzene rings is 1. The van der Waals surface area contributed by atoms with Gasteiger partial charge in [0, 0.05) is 18.8 Å². The molecule has 0 spiro atoms. The summed E-state index contributed by atoms with van der Waals surface area (Å²) < 4.78 is 38.3. The third-order valence-electron chi connectivity index (χ3n) is 3.03. The molecule has 0 saturated heterocycles. The number of hydrogen-bond acceptors (Lipinski definition) is 3. The fraction of sp³-hybridized carbons (Fsp3) is 0.462. The van der Waals surface area contributed by atoms with Crippen LogP contribution in [0.4, 0.5) is 18.9 Å². The summed E-state index contributed by atoms with van der Waals surface area (Å²) in [6.07, 6.45) is -2.67. The van der Waals surface area contributed by atoms with Gasteiger partial charge in [0.1, 0.15) is 0 Å². The largest absolute Gasteiger partial charge is 0.418 e. The van der Waals surface area contributed by atoms with Crippen LogP contribution in [0.5, 0.6) is 0 Å². The van der Waals surface area contributed by atoms with E-state index in [-0.39, 0.29) is 11.6 Å². The number of carbonyl (C=O) groups is 1. The third-order valence-corrected chi connectivity index (χ3v) is 3.85. The van der Waals surface area contributed by atoms with E-state index < -0.39 is 23.3 Å². The average Bonchev–Trinajstić information content (AvgIpc) is 2.36. The van der Waals surface area contributed by atoms with Gasteiger partial charge >= 0.3 is 6.18 Å². The maximum atomic E-state index is 12.8. The van der Waals surface area contributed by atoms with Crippen LogP contribution in [0.15, 0.2) is 18.2 Å². The van der Waals surface area contributed by atoms with Crippen molar-refractivity contribution in [3.63, 3.8) is 0 Å². The van der Waals surface area contributed by atoms with Crippen molar-refractivity contribution in [3.8, 4) is 0 Å². The first-order valence-corrected chi connectivity index (χ1v) is 7.31. The number of nitrogens with two attached hydrogens (primary N) is 1. The van der Waals surface area contributed by atoms with Gasteiger partial charge in [0.15, 0.2) is 0 Å². The molecule has 0 aliphatic heterocycles. The topological polar surface area (TPSA) is 46.3 Å². The molecule has 7 heteroatoms. The van der Waals surface area contributed by atoms with E-state index in [1.807, 2.05) is 13.2 Å². The van der Waals surface area contributed by atoms with Gasteiger partial charge in [-0.05, 0) is 25.3 Å². The molecule has 0 aromatic heterocycles. The second-order valence-corrected chi connectivity index (χ2v) is 5.40. The van der Waals surface area contributed by atoms with Crippen molar-refractivity contribution < 1.29 is 18.0 Å². The first-order chi connectivity index (χ1) is 9.20. The van der Waals surface area contributed by atoms with Gasteiger partial charge in [0.05, 0.1) is 16.8 Å². The smallest absolute Gasteiger partial charge is 0.398 e. The zero-order valence-corrected chi connectivity index (χ0v) is 12.3. The molecule has 1 atom stereocenters. The van der Waals surface area contributed by atoms with Crippen molar-refractivity contribution in [2.45, 2.75) is 19.1 Å². The molecule has 1 aromatic rings. The van der Waals surface area contributed by atoms with Gasteiger partial charge in [-0.3, -0.25) is 4.79 Å². The molecular weight excluding hydrogens is 289 g/mol. The van der Waals surface area contributed by atoms with E-state index in [1.54, 1.807) is 18.8 Å². The molecule has 1 amide bonds. The van der Waals surface area contributed by atoms with Gasteiger partial charge in [-0.25, -0.2) is 0 Å². The summed E-state index contributed by atoms with van der Waals surface area (Å²) in [6, 6.07) is 3.29. The summed E-state index contributed by atoms with van der Waals surface area (Å²) in [5, 5.41) is 0. The molecule has 0 heterocycles. The second kappa shape index (κ2) is 6.39. The fourth-order valence-electron chi connectivity index (χ4n) is 1.74. The number of carbonyl (C=O) groups excluding carboxylic acids is 1. The Morgan fingerprint density at radius 3 is 2.55 bits per heavy atom. The van der Waals surface area contributed by atoms with E-state index in [2.05, 4.69) is 0 Å². The number of amides is 1. The molecule has 0 bridgehead atoms. The molecule has 0 aliphatic rings. The highest BCUT2D eigenvalue weighted by Gasteiger charge is 2.34. The van der Waals surface area contributed by atoms with Gasteiger partial charge < -0.3 is 10.6 Å². The van der Waals surface area contributed by atoms with Gasteiger partial charge in [-0.2, -0.15) is 24.9 Å². The lowest BCUT2D eigenvalue weighted by molar-refractivity contribution is -0.136. The number of rotatable bonds is 4. The van der Waals surface area contributed by atoms with Gasteiger partial charge in [0.2, 0.25) is 0 Å². The van der Waals surface area contributed by atoms with E-state index in [0.717, 1.165) is 6.07 Å². The molecule has 112 valence electrons. The number of nitrogen functional groups attached to an aromatic ring is 1. The molecule has 0 radical (unpaired) electrons. The summed E-state index contributed by atoms with van der Waals surface area (Å²) in [5.74, 6) is 0.191. The Bertz CT molecular complexity index is 491. The van der Waals surface area contributed by atoms with Gasteiger partial charge in [-0.1, -0.05) is 6.07 Å². The normalized spacial score (nSPS) is 13.1. The Hall–Kier alpha value is -1.37. The molecule has 1 unspecified atom stereocenters. The van der Waals surface area contributed by atoms with Crippen molar-refractivity contribution >= 4 is 23.4 Å². The van der Waals surface area contributed by atoms with Crippen molar-refractivity contribution in [3.05, 3.63) is 29.3 Å². The van der Waals surface area contributed by atoms with Crippen molar-refractivity contribution in [1.29, 1.82) is 0 Å². The van der Waals surface area contributed by atoms with Crippen molar-refractivity contribution in [2.24, 2.45) is 0 Å². The number of hydrogen-bond donors (Lipinski definition) is 1. The minimum Gasteiger partial charge on any atom is -0.398 e. The molecule has 0 aliphatic carbocycles. The molecule has 1 aromatic carbocycles. The zero-order chi connectivity index (χ0) is 15.5. The first-order valence-electron chi connectivity index (χ1n) is 5.92. The van der Waals surface area contributed by atoms with Crippen molar-refractivity contribution in [1.82, 2.24) is 4.90 Å². The fourth-order valence-corrected chi connectivity index (χ4v) is 2.45. The van der Waals surface area contributed by atoms with Crippen LogP contribution in [0.3, 0.4) is 0 Å². The molecular formula is C13H17F3N2OS. The SMILES string of the molecule is CSCC(C)N(C)C(=O)c1cccc(C(F)(F)F)c1N. The second-order valence-electron chi connectivity index (χ2n) is 4.48. The van der Waals surface area contributed by atoms with Crippen LogP contribution >= 0.6 is 11.8 Å². The lowest BCUT2D eigenvalue weighted by Crippen LogP contribution is -2.37. The highest BCUT2D eigenvalue weighted by Crippen LogP contribution is 2.35. The zero-order valence-electron chi connectivity index (χ0n) is 11.5. The summed E-state index contributed by atoms with van der Waals surface area (Å²) in [6.45, 7) is 1.83. The van der Waals surface area contributed by atoms with Crippen LogP contribution in [0, 0.1) is 0 Å². The summed E-state index contributed by atoms with van der Waals surface area (Å²) in [5.41, 5.74) is 3.90. The maximum Gasteiger partial charge on any atom is 0.418 e. The molecule has 1 rings (SSSR count). The van der Waals surface area contributed by atoms with Crippen LogP contribution in [0.2, 0.25) is 0 Å². The monoisotopic (exact) mass is 306 g/mol. The summed E-state index contributed by atoms with van der Waals surface area (Å²) in [7, 11) is 1.56. The van der Waals surface area contributed by atoms with Crippen LogP contribution in [-0.4, -0.2) is 35.9 Å². The number of nitrogens with zero attached hydrogens (tertiary/aromatic N) is 1. The Balaban J connectivity index is 3.12. The molecule has 0 fully saturated rings. The quantitative estimate of drug-likeness (QED) is 0.869. The average molecular weight is 306 g/mol. The number of anilines is 1. The number of thioether (sulfide) groups is 1. The van der Waals surface area contributed by atoms with E-state index in [4.69, 9.17) is 5.73 Å². The summed E-state index contributed by atoms with van der Waals surface area (Å²) in [4.78, 5) is 13.6. The minimum atomic E-state index is -4.57. The number of para-hydroxylation sites is 1. The molecule has 20 heavy (non-hydrogen) atoms. The Labute approximate surface area is 120 Å². The van der Waals surface area contributed by atoms with Crippen LogP contribution in [0.25, 0.3) is 0 Å². The van der Waals surface area contributed by atoms with Gasteiger partial charge in [0.25, 0.3) is 5.91 Å².